The Bertz CT molecular complexity index is 523. The third-order valence-electron chi connectivity index (χ3n) is 3.96. The molecule has 1 N–H and O–H groups in total. The molecule has 1 aromatic rings. The van der Waals surface area contributed by atoms with E-state index in [-0.39, 0.29) is 24.5 Å². The number of carbonyl (C=O) groups excluding carboxylic acids is 2. The van der Waals surface area contributed by atoms with E-state index in [1.807, 2.05) is 45.9 Å². The molecule has 0 aliphatic heterocycles. The summed E-state index contributed by atoms with van der Waals surface area (Å²) in [4.78, 5) is 25.9. The number of urea groups is 1. The molecule has 1 atom stereocenters. The Labute approximate surface area is 139 Å². The van der Waals surface area contributed by atoms with Crippen LogP contribution in [-0.4, -0.2) is 36.1 Å². The number of nitrogens with one attached hydrogen (secondary N) is 1. The number of nitrogens with zero attached hydrogens (tertiary/aromatic N) is 1. The summed E-state index contributed by atoms with van der Waals surface area (Å²) in [5.41, 5.74) is 2.88. The molecule has 1 unspecified atom stereocenters. The maximum Gasteiger partial charge on any atom is 0.322 e. The van der Waals surface area contributed by atoms with Crippen molar-refractivity contribution in [3.05, 3.63) is 29.3 Å². The zero-order chi connectivity index (χ0) is 17.4. The molecule has 2 amide bonds. The number of carbonyl (C=O) groups is 2. The largest absolute Gasteiger partial charge is 0.466 e. The van der Waals surface area contributed by atoms with E-state index in [0.717, 1.165) is 23.2 Å². The van der Waals surface area contributed by atoms with E-state index >= 15 is 0 Å². The third-order valence-corrected chi connectivity index (χ3v) is 3.96. The van der Waals surface area contributed by atoms with Crippen LogP contribution >= 0.6 is 0 Å². The first kappa shape index (κ1) is 19.0. The van der Waals surface area contributed by atoms with Crippen molar-refractivity contribution in [3.8, 4) is 0 Å². The lowest BCUT2D eigenvalue weighted by atomic mass is 10.1. The van der Waals surface area contributed by atoms with Crippen LogP contribution in [-0.2, 0) is 9.53 Å². The van der Waals surface area contributed by atoms with Gasteiger partial charge >= 0.3 is 12.0 Å². The Balaban J connectivity index is 2.81. The van der Waals surface area contributed by atoms with E-state index in [0.29, 0.717) is 13.2 Å². The van der Waals surface area contributed by atoms with Crippen LogP contribution < -0.4 is 5.32 Å². The zero-order valence-corrected chi connectivity index (χ0v) is 14.8. The number of aryl methyl sites for hydroxylation is 2. The van der Waals surface area contributed by atoms with Gasteiger partial charge in [0.05, 0.1) is 13.0 Å². The Morgan fingerprint density at radius 2 is 1.83 bits per heavy atom. The van der Waals surface area contributed by atoms with Crippen LogP contribution in [0.1, 0.15) is 44.7 Å². The molecule has 0 radical (unpaired) electrons. The minimum atomic E-state index is -0.277. The van der Waals surface area contributed by atoms with Gasteiger partial charge in [0.2, 0.25) is 0 Å². The maximum absolute atomic E-state index is 12.7. The van der Waals surface area contributed by atoms with Gasteiger partial charge in [0.15, 0.2) is 0 Å². The highest BCUT2D eigenvalue weighted by molar-refractivity contribution is 5.91. The molecule has 23 heavy (non-hydrogen) atoms. The third kappa shape index (κ3) is 5.58. The van der Waals surface area contributed by atoms with Crippen molar-refractivity contribution in [3.63, 3.8) is 0 Å². The number of esters is 1. The molecular weight excluding hydrogens is 292 g/mol. The van der Waals surface area contributed by atoms with Crippen LogP contribution in [0.25, 0.3) is 0 Å². The summed E-state index contributed by atoms with van der Waals surface area (Å²) in [5.74, 6) is -0.277. The second-order valence-corrected chi connectivity index (χ2v) is 5.70. The molecule has 1 rings (SSSR count). The average molecular weight is 320 g/mol. The van der Waals surface area contributed by atoms with Gasteiger partial charge in [-0.15, -0.1) is 0 Å². The fourth-order valence-electron chi connectivity index (χ4n) is 2.38. The minimum Gasteiger partial charge on any atom is -0.466 e. The number of para-hydroxylation sites is 1. The van der Waals surface area contributed by atoms with E-state index in [2.05, 4.69) is 5.32 Å². The molecule has 0 aliphatic carbocycles. The summed E-state index contributed by atoms with van der Waals surface area (Å²) in [6.07, 6.45) is 1.03. The Hall–Kier alpha value is -2.04. The first-order valence-corrected chi connectivity index (χ1v) is 8.20. The van der Waals surface area contributed by atoms with E-state index < -0.39 is 0 Å². The zero-order valence-electron chi connectivity index (χ0n) is 14.8. The van der Waals surface area contributed by atoms with Crippen molar-refractivity contribution >= 4 is 17.7 Å². The molecule has 0 spiro atoms. The lowest BCUT2D eigenvalue weighted by Crippen LogP contribution is -2.42. The summed E-state index contributed by atoms with van der Waals surface area (Å²) in [6.45, 7) is 10.4. The fourth-order valence-corrected chi connectivity index (χ4v) is 2.38. The van der Waals surface area contributed by atoms with Gasteiger partial charge in [-0.25, -0.2) is 4.79 Å². The number of anilines is 1. The number of hydrogen-bond donors (Lipinski definition) is 1. The van der Waals surface area contributed by atoms with Crippen molar-refractivity contribution in [2.75, 3.05) is 18.5 Å². The molecular formula is C18H28N2O3. The van der Waals surface area contributed by atoms with Crippen molar-refractivity contribution in [1.29, 1.82) is 0 Å². The highest BCUT2D eigenvalue weighted by atomic mass is 16.5. The lowest BCUT2D eigenvalue weighted by Gasteiger charge is -2.29. The number of amides is 2. The SMILES string of the molecule is CCOC(=O)CCN(C(=O)Nc1c(C)cccc1C)C(C)CC. The maximum atomic E-state index is 12.7. The molecule has 0 saturated carbocycles. The van der Waals surface area contributed by atoms with Gasteiger partial charge in [-0.05, 0) is 45.2 Å². The van der Waals surface area contributed by atoms with Crippen molar-refractivity contribution in [1.82, 2.24) is 4.90 Å². The summed E-state index contributed by atoms with van der Waals surface area (Å²) >= 11 is 0. The summed E-state index contributed by atoms with van der Waals surface area (Å²) in [7, 11) is 0. The van der Waals surface area contributed by atoms with Crippen LogP contribution in [0.4, 0.5) is 10.5 Å². The summed E-state index contributed by atoms with van der Waals surface area (Å²) < 4.78 is 4.94. The molecule has 5 nitrogen and oxygen atoms in total. The molecule has 0 fully saturated rings. The van der Waals surface area contributed by atoms with Crippen molar-refractivity contribution < 1.29 is 14.3 Å². The van der Waals surface area contributed by atoms with Gasteiger partial charge in [-0.3, -0.25) is 4.79 Å². The first-order chi connectivity index (χ1) is 10.9. The van der Waals surface area contributed by atoms with Crippen molar-refractivity contribution in [2.45, 2.75) is 53.5 Å². The molecule has 0 bridgehead atoms. The molecule has 5 heteroatoms. The highest BCUT2D eigenvalue weighted by Crippen LogP contribution is 2.20. The predicted octanol–water partition coefficient (Wildman–Crippen LogP) is 3.89. The predicted molar refractivity (Wildman–Crippen MR) is 92.6 cm³/mol. The molecule has 0 aliphatic rings. The Morgan fingerprint density at radius 1 is 1.22 bits per heavy atom. The quantitative estimate of drug-likeness (QED) is 0.775. The molecule has 0 aromatic heterocycles. The molecule has 128 valence electrons. The van der Waals surface area contributed by atoms with Crippen LogP contribution in [0.3, 0.4) is 0 Å². The molecule has 1 aromatic carbocycles. The van der Waals surface area contributed by atoms with Gasteiger partial charge < -0.3 is 15.0 Å². The van der Waals surface area contributed by atoms with E-state index in [1.54, 1.807) is 11.8 Å². The number of benzene rings is 1. The van der Waals surface area contributed by atoms with Crippen LogP contribution in [0.15, 0.2) is 18.2 Å². The normalized spacial score (nSPS) is 11.7. The number of rotatable bonds is 7. The van der Waals surface area contributed by atoms with Gasteiger partial charge in [0, 0.05) is 18.3 Å². The second-order valence-electron chi connectivity index (χ2n) is 5.70. The first-order valence-electron chi connectivity index (χ1n) is 8.20. The van der Waals surface area contributed by atoms with E-state index in [4.69, 9.17) is 4.74 Å². The Kier molecular flexibility index (Phi) is 7.59. The highest BCUT2D eigenvalue weighted by Gasteiger charge is 2.21. The standard InChI is InChI=1S/C18H28N2O3/c1-6-15(5)20(12-11-16(21)23-7-2)18(22)19-17-13(3)9-8-10-14(17)4/h8-10,15H,6-7,11-12H2,1-5H3,(H,19,22). The van der Waals surface area contributed by atoms with Crippen molar-refractivity contribution in [2.24, 2.45) is 0 Å². The fraction of sp³-hybridized carbons (Fsp3) is 0.556. The van der Waals surface area contributed by atoms with Gasteiger partial charge in [-0.1, -0.05) is 25.1 Å². The number of hydrogen-bond acceptors (Lipinski definition) is 3. The number of ether oxygens (including phenoxy) is 1. The van der Waals surface area contributed by atoms with Gasteiger partial charge in [0.25, 0.3) is 0 Å². The van der Waals surface area contributed by atoms with Gasteiger partial charge in [-0.2, -0.15) is 0 Å². The molecule has 0 saturated heterocycles. The van der Waals surface area contributed by atoms with Crippen LogP contribution in [0.2, 0.25) is 0 Å². The summed E-state index contributed by atoms with van der Waals surface area (Å²) in [5, 5.41) is 2.98. The van der Waals surface area contributed by atoms with Crippen LogP contribution in [0, 0.1) is 13.8 Å². The van der Waals surface area contributed by atoms with Gasteiger partial charge in [0.1, 0.15) is 0 Å². The Morgan fingerprint density at radius 3 is 2.35 bits per heavy atom. The smallest absolute Gasteiger partial charge is 0.322 e. The topological polar surface area (TPSA) is 58.6 Å². The second kappa shape index (κ2) is 9.18. The molecule has 0 heterocycles. The van der Waals surface area contributed by atoms with Crippen LogP contribution in [0.5, 0.6) is 0 Å². The lowest BCUT2D eigenvalue weighted by molar-refractivity contribution is -0.143. The summed E-state index contributed by atoms with van der Waals surface area (Å²) in [6, 6.07) is 5.77. The monoisotopic (exact) mass is 320 g/mol. The average Bonchev–Trinajstić information content (AvgIpc) is 2.51. The minimum absolute atomic E-state index is 0.0498. The van der Waals surface area contributed by atoms with E-state index in [9.17, 15) is 9.59 Å². The van der Waals surface area contributed by atoms with E-state index in [1.165, 1.54) is 0 Å².